The van der Waals surface area contributed by atoms with Crippen LogP contribution in [0.15, 0.2) is 12.2 Å². The number of likely N-dealkylation sites (N-methyl/N-ethyl adjacent to an activating group) is 1. The molecule has 0 saturated carbocycles. The van der Waals surface area contributed by atoms with Gasteiger partial charge in [0.15, 0.2) is 0 Å². The van der Waals surface area contributed by atoms with Crippen molar-refractivity contribution in [3.8, 4) is 0 Å². The Morgan fingerprint density at radius 3 is 1.83 bits per heavy atom. The smallest absolute Gasteiger partial charge is 0.222 e. The Morgan fingerprint density at radius 1 is 0.828 bits per heavy atom. The van der Waals surface area contributed by atoms with Crippen LogP contribution in [-0.2, 0) is 4.79 Å². The molecule has 0 unspecified atom stereocenters. The van der Waals surface area contributed by atoms with Gasteiger partial charge in [0.05, 0.1) is 18.8 Å². The maximum absolute atomic E-state index is 12.2. The van der Waals surface area contributed by atoms with E-state index < -0.39 is 12.1 Å². The lowest BCUT2D eigenvalue weighted by atomic mass is 10.0. The minimum Gasteiger partial charge on any atom is -0.394 e. The minimum atomic E-state index is -0.812. The summed E-state index contributed by atoms with van der Waals surface area (Å²) in [7, 11) is 1.68. The number of hydrogen-bond donors (Lipinski definition) is 2. The molecule has 0 rings (SSSR count). The first-order valence-corrected chi connectivity index (χ1v) is 12.3. The van der Waals surface area contributed by atoms with Crippen molar-refractivity contribution < 1.29 is 15.0 Å². The first-order valence-electron chi connectivity index (χ1n) is 12.3. The fourth-order valence-corrected chi connectivity index (χ4v) is 3.64. The van der Waals surface area contributed by atoms with Crippen LogP contribution >= 0.6 is 0 Å². The predicted molar refractivity (Wildman–Crippen MR) is 124 cm³/mol. The van der Waals surface area contributed by atoms with E-state index in [9.17, 15) is 15.0 Å². The maximum atomic E-state index is 12.2. The molecule has 2 atom stereocenters. The average Bonchev–Trinajstić information content (AvgIpc) is 2.72. The van der Waals surface area contributed by atoms with Crippen LogP contribution in [0.3, 0.4) is 0 Å². The van der Waals surface area contributed by atoms with Crippen LogP contribution in [0, 0.1) is 0 Å². The first kappa shape index (κ1) is 28.1. The molecular weight excluding hydrogens is 362 g/mol. The van der Waals surface area contributed by atoms with Gasteiger partial charge < -0.3 is 15.1 Å². The molecule has 172 valence electrons. The predicted octanol–water partition coefficient (Wildman–Crippen LogP) is 6.00. The zero-order chi connectivity index (χ0) is 21.7. The van der Waals surface area contributed by atoms with Gasteiger partial charge in [0, 0.05) is 13.5 Å². The van der Waals surface area contributed by atoms with E-state index in [-0.39, 0.29) is 12.5 Å². The van der Waals surface area contributed by atoms with Crippen molar-refractivity contribution in [1.82, 2.24) is 4.90 Å². The highest BCUT2D eigenvalue weighted by Gasteiger charge is 2.24. The Morgan fingerprint density at radius 2 is 1.31 bits per heavy atom. The Kier molecular flexibility index (Phi) is 19.8. The third-order valence-electron chi connectivity index (χ3n) is 5.77. The summed E-state index contributed by atoms with van der Waals surface area (Å²) < 4.78 is 0. The van der Waals surface area contributed by atoms with Crippen molar-refractivity contribution in [1.29, 1.82) is 0 Å². The third-order valence-corrected chi connectivity index (χ3v) is 5.77. The Bertz CT molecular complexity index is 398. The highest BCUT2D eigenvalue weighted by Crippen LogP contribution is 2.13. The highest BCUT2D eigenvalue weighted by molar-refractivity contribution is 5.76. The van der Waals surface area contributed by atoms with Crippen LogP contribution < -0.4 is 0 Å². The zero-order valence-electron chi connectivity index (χ0n) is 19.6. The van der Waals surface area contributed by atoms with Gasteiger partial charge in [-0.2, -0.15) is 0 Å². The molecule has 0 aromatic carbocycles. The fraction of sp³-hybridized carbons (Fsp3) is 0.880. The second kappa shape index (κ2) is 20.4. The molecule has 0 aliphatic rings. The molecule has 0 heterocycles. The van der Waals surface area contributed by atoms with Crippen molar-refractivity contribution in [2.75, 3.05) is 13.7 Å². The zero-order valence-corrected chi connectivity index (χ0v) is 19.6. The molecule has 0 radical (unpaired) electrons. The molecule has 0 bridgehead atoms. The molecule has 0 saturated heterocycles. The Labute approximate surface area is 180 Å². The minimum absolute atomic E-state index is 0.00434. The number of unbranched alkanes of at least 4 members (excludes halogenated alkanes) is 13. The van der Waals surface area contributed by atoms with E-state index in [4.69, 9.17) is 0 Å². The first-order chi connectivity index (χ1) is 14.1. The molecule has 2 N–H and O–H groups in total. The summed E-state index contributed by atoms with van der Waals surface area (Å²) in [6, 6.07) is -0.558. The number of nitrogens with zero attached hydrogens (tertiary/aromatic N) is 1. The molecule has 0 aliphatic heterocycles. The normalized spacial score (nSPS) is 13.7. The summed E-state index contributed by atoms with van der Waals surface area (Å²) in [5, 5.41) is 19.9. The van der Waals surface area contributed by atoms with Crippen molar-refractivity contribution in [3.05, 3.63) is 12.2 Å². The maximum Gasteiger partial charge on any atom is 0.222 e. The number of rotatable bonds is 20. The van der Waals surface area contributed by atoms with E-state index >= 15 is 0 Å². The molecule has 4 heteroatoms. The lowest BCUT2D eigenvalue weighted by Gasteiger charge is -2.29. The molecule has 29 heavy (non-hydrogen) atoms. The summed E-state index contributed by atoms with van der Waals surface area (Å²) in [6.45, 7) is 4.14. The number of carbonyl (C=O) groups is 1. The van der Waals surface area contributed by atoms with E-state index in [0.717, 1.165) is 32.1 Å². The number of allylic oxidation sites excluding steroid dienone is 1. The lowest BCUT2D eigenvalue weighted by molar-refractivity contribution is -0.135. The number of hydrogen-bond acceptors (Lipinski definition) is 3. The monoisotopic (exact) mass is 411 g/mol. The Balaban J connectivity index is 3.83. The lowest BCUT2D eigenvalue weighted by Crippen LogP contribution is -2.46. The van der Waals surface area contributed by atoms with Gasteiger partial charge in [-0.05, 0) is 19.3 Å². The second-order valence-corrected chi connectivity index (χ2v) is 8.45. The number of aliphatic hydroxyl groups is 2. The molecule has 0 aliphatic carbocycles. The van der Waals surface area contributed by atoms with Crippen LogP contribution in [0.2, 0.25) is 0 Å². The van der Waals surface area contributed by atoms with E-state index in [1.165, 1.54) is 69.1 Å². The average molecular weight is 412 g/mol. The molecule has 4 nitrogen and oxygen atoms in total. The summed E-state index contributed by atoms with van der Waals surface area (Å²) in [5.74, 6) is -0.00434. The molecule has 0 spiro atoms. The van der Waals surface area contributed by atoms with Crippen molar-refractivity contribution in [2.45, 2.75) is 129 Å². The summed E-state index contributed by atoms with van der Waals surface area (Å²) in [6.07, 6.45) is 21.9. The number of amides is 1. The van der Waals surface area contributed by atoms with Gasteiger partial charge in [-0.25, -0.2) is 0 Å². The van der Waals surface area contributed by atoms with Gasteiger partial charge in [-0.15, -0.1) is 0 Å². The van der Waals surface area contributed by atoms with Gasteiger partial charge >= 0.3 is 0 Å². The van der Waals surface area contributed by atoms with Crippen molar-refractivity contribution in [2.24, 2.45) is 0 Å². The Hall–Kier alpha value is -0.870. The number of aliphatic hydroxyl groups excluding tert-OH is 2. The number of carbonyl (C=O) groups excluding carboxylic acids is 1. The summed E-state index contributed by atoms with van der Waals surface area (Å²) in [4.78, 5) is 13.7. The van der Waals surface area contributed by atoms with Crippen molar-refractivity contribution in [3.63, 3.8) is 0 Å². The van der Waals surface area contributed by atoms with Crippen LogP contribution in [0.4, 0.5) is 0 Å². The summed E-state index contributed by atoms with van der Waals surface area (Å²) >= 11 is 0. The van der Waals surface area contributed by atoms with Gasteiger partial charge in [-0.3, -0.25) is 4.79 Å². The summed E-state index contributed by atoms with van der Waals surface area (Å²) in [5.41, 5.74) is 0. The van der Waals surface area contributed by atoms with Crippen LogP contribution in [0.25, 0.3) is 0 Å². The van der Waals surface area contributed by atoms with Gasteiger partial charge in [-0.1, -0.05) is 103 Å². The largest absolute Gasteiger partial charge is 0.394 e. The van der Waals surface area contributed by atoms with E-state index in [0.29, 0.717) is 6.42 Å². The van der Waals surface area contributed by atoms with E-state index in [1.807, 2.05) is 6.08 Å². The second-order valence-electron chi connectivity index (χ2n) is 8.45. The SMILES string of the molecule is CCCCCCCCCCCCC/C=C/[C@@H](O)[C@H](CO)N(C)C(=O)CCCCC. The van der Waals surface area contributed by atoms with Crippen LogP contribution in [0.1, 0.15) is 117 Å². The van der Waals surface area contributed by atoms with Gasteiger partial charge in [0.1, 0.15) is 0 Å². The van der Waals surface area contributed by atoms with E-state index in [1.54, 1.807) is 13.1 Å². The van der Waals surface area contributed by atoms with Crippen LogP contribution in [-0.4, -0.2) is 46.8 Å². The standard InChI is InChI=1S/C25H49NO3/c1-4-6-8-9-10-11-12-13-14-15-16-17-19-20-24(28)23(22-27)26(3)25(29)21-18-7-5-2/h19-20,23-24,27-28H,4-18,21-22H2,1-3H3/b20-19+/t23-,24+/m0/s1. The highest BCUT2D eigenvalue weighted by atomic mass is 16.3. The molecule has 1 amide bonds. The molecule has 0 aromatic heterocycles. The topological polar surface area (TPSA) is 60.8 Å². The third kappa shape index (κ3) is 15.6. The van der Waals surface area contributed by atoms with Gasteiger partial charge in [0.25, 0.3) is 0 Å². The fourth-order valence-electron chi connectivity index (χ4n) is 3.64. The van der Waals surface area contributed by atoms with E-state index in [2.05, 4.69) is 13.8 Å². The van der Waals surface area contributed by atoms with Crippen LogP contribution in [0.5, 0.6) is 0 Å². The molecular formula is C25H49NO3. The van der Waals surface area contributed by atoms with Gasteiger partial charge in [0.2, 0.25) is 5.91 Å². The quantitative estimate of drug-likeness (QED) is 0.191. The molecule has 0 fully saturated rings. The van der Waals surface area contributed by atoms with Crippen molar-refractivity contribution >= 4 is 5.91 Å². The molecule has 0 aromatic rings.